The first-order chi connectivity index (χ1) is 12.5. The van der Waals surface area contributed by atoms with Crippen molar-refractivity contribution < 1.29 is 17.9 Å². The van der Waals surface area contributed by atoms with Gasteiger partial charge in [0.25, 0.3) is 0 Å². The van der Waals surface area contributed by atoms with Gasteiger partial charge in [-0.15, -0.1) is 0 Å². The zero-order valence-corrected chi connectivity index (χ0v) is 16.1. The number of ether oxygens (including phenoxy) is 2. The second-order valence-electron chi connectivity index (χ2n) is 6.40. The molecule has 0 bridgehead atoms. The van der Waals surface area contributed by atoms with E-state index in [1.54, 1.807) is 19.2 Å². The maximum Gasteiger partial charge on any atom is 0.240 e. The lowest BCUT2D eigenvalue weighted by Crippen LogP contribution is -2.44. The minimum atomic E-state index is -3.64. The van der Waals surface area contributed by atoms with E-state index in [4.69, 9.17) is 21.1 Å². The molecular weight excluding hydrogens is 374 g/mol. The van der Waals surface area contributed by atoms with E-state index in [1.165, 1.54) is 12.1 Å². The van der Waals surface area contributed by atoms with E-state index in [1.807, 2.05) is 24.3 Å². The molecule has 0 atom stereocenters. The summed E-state index contributed by atoms with van der Waals surface area (Å²) in [6, 6.07) is 14.1. The van der Waals surface area contributed by atoms with Crippen LogP contribution in [0.1, 0.15) is 18.4 Å². The van der Waals surface area contributed by atoms with Crippen molar-refractivity contribution in [3.8, 4) is 5.75 Å². The highest BCUT2D eigenvalue weighted by molar-refractivity contribution is 7.89. The SMILES string of the molecule is COc1ccc(C2(CNS(=O)(=O)c3cccc(Cl)c3)CCOCC2)cc1. The number of sulfonamides is 1. The van der Waals surface area contributed by atoms with Crippen LogP contribution in [0.5, 0.6) is 5.75 Å². The molecule has 26 heavy (non-hydrogen) atoms. The Hall–Kier alpha value is -1.60. The average molecular weight is 396 g/mol. The predicted octanol–water partition coefficient (Wildman–Crippen LogP) is 3.38. The van der Waals surface area contributed by atoms with Crippen molar-refractivity contribution in [1.82, 2.24) is 4.72 Å². The lowest BCUT2D eigenvalue weighted by Gasteiger charge is -2.38. The molecule has 2 aromatic rings. The number of nitrogens with one attached hydrogen (secondary N) is 1. The van der Waals surface area contributed by atoms with Crippen molar-refractivity contribution in [3.05, 3.63) is 59.1 Å². The van der Waals surface area contributed by atoms with Gasteiger partial charge < -0.3 is 9.47 Å². The Morgan fingerprint density at radius 1 is 1.15 bits per heavy atom. The maximum absolute atomic E-state index is 12.7. The van der Waals surface area contributed by atoms with Gasteiger partial charge in [-0.05, 0) is 48.7 Å². The number of halogens is 1. The molecule has 0 amide bonds. The molecule has 7 heteroatoms. The van der Waals surface area contributed by atoms with Crippen LogP contribution in [-0.4, -0.2) is 35.3 Å². The van der Waals surface area contributed by atoms with Crippen LogP contribution in [-0.2, 0) is 20.2 Å². The summed E-state index contributed by atoms with van der Waals surface area (Å²) in [5.74, 6) is 0.774. The van der Waals surface area contributed by atoms with Gasteiger partial charge in [-0.2, -0.15) is 0 Å². The maximum atomic E-state index is 12.7. The first kappa shape index (κ1) is 19.2. The molecule has 140 valence electrons. The number of methoxy groups -OCH3 is 1. The van der Waals surface area contributed by atoms with E-state index in [9.17, 15) is 8.42 Å². The molecule has 0 spiro atoms. The monoisotopic (exact) mass is 395 g/mol. The zero-order chi connectivity index (χ0) is 18.6. The summed E-state index contributed by atoms with van der Waals surface area (Å²) >= 11 is 5.93. The van der Waals surface area contributed by atoms with Gasteiger partial charge in [0.2, 0.25) is 10.0 Å². The van der Waals surface area contributed by atoms with Gasteiger partial charge in [0.1, 0.15) is 5.75 Å². The summed E-state index contributed by atoms with van der Waals surface area (Å²) in [5.41, 5.74) is 0.770. The van der Waals surface area contributed by atoms with Gasteiger partial charge in [-0.25, -0.2) is 13.1 Å². The first-order valence-electron chi connectivity index (χ1n) is 8.43. The predicted molar refractivity (Wildman–Crippen MR) is 101 cm³/mol. The molecule has 0 unspecified atom stereocenters. The third kappa shape index (κ3) is 4.20. The van der Waals surface area contributed by atoms with Crippen molar-refractivity contribution in [2.45, 2.75) is 23.2 Å². The molecule has 2 aromatic carbocycles. The molecule has 1 fully saturated rings. The Balaban J connectivity index is 1.84. The molecule has 1 aliphatic heterocycles. The molecule has 0 radical (unpaired) electrons. The second-order valence-corrected chi connectivity index (χ2v) is 8.61. The fourth-order valence-corrected chi connectivity index (χ4v) is 4.65. The molecule has 1 aliphatic rings. The topological polar surface area (TPSA) is 64.6 Å². The second kappa shape index (κ2) is 7.96. The fourth-order valence-electron chi connectivity index (χ4n) is 3.22. The van der Waals surface area contributed by atoms with E-state index in [-0.39, 0.29) is 10.3 Å². The Labute approximate surface area is 159 Å². The number of rotatable bonds is 6. The van der Waals surface area contributed by atoms with Crippen LogP contribution in [0.25, 0.3) is 0 Å². The van der Waals surface area contributed by atoms with E-state index in [0.29, 0.717) is 24.8 Å². The van der Waals surface area contributed by atoms with Crippen molar-refractivity contribution in [1.29, 1.82) is 0 Å². The van der Waals surface area contributed by atoms with Gasteiger partial charge in [-0.3, -0.25) is 0 Å². The highest BCUT2D eigenvalue weighted by atomic mass is 35.5. The minimum absolute atomic E-state index is 0.168. The lowest BCUT2D eigenvalue weighted by molar-refractivity contribution is 0.0517. The number of benzene rings is 2. The van der Waals surface area contributed by atoms with Gasteiger partial charge in [0, 0.05) is 30.2 Å². The highest BCUT2D eigenvalue weighted by Gasteiger charge is 2.35. The summed E-state index contributed by atoms with van der Waals surface area (Å²) in [6.07, 6.45) is 1.49. The van der Waals surface area contributed by atoms with Gasteiger partial charge >= 0.3 is 0 Å². The van der Waals surface area contributed by atoms with Crippen LogP contribution in [0.2, 0.25) is 5.02 Å². The highest BCUT2D eigenvalue weighted by Crippen LogP contribution is 2.35. The standard InChI is InChI=1S/C19H22ClNO4S/c1-24-17-7-5-15(6-8-17)19(9-11-25-12-10-19)14-21-26(22,23)18-4-2-3-16(20)13-18/h2-8,13,21H,9-12,14H2,1H3. The molecule has 3 rings (SSSR count). The van der Waals surface area contributed by atoms with Crippen LogP contribution in [0.3, 0.4) is 0 Å². The number of hydrogen-bond donors (Lipinski definition) is 1. The summed E-state index contributed by atoms with van der Waals surface area (Å²) in [6.45, 7) is 1.51. The Kier molecular flexibility index (Phi) is 5.87. The molecule has 1 heterocycles. The average Bonchev–Trinajstić information content (AvgIpc) is 2.67. The summed E-state index contributed by atoms with van der Waals surface area (Å²) in [7, 11) is -2.02. The molecule has 0 saturated carbocycles. The van der Waals surface area contributed by atoms with Crippen LogP contribution in [0.4, 0.5) is 0 Å². The Morgan fingerprint density at radius 2 is 1.85 bits per heavy atom. The molecule has 0 aromatic heterocycles. The molecule has 5 nitrogen and oxygen atoms in total. The summed E-state index contributed by atoms with van der Waals surface area (Å²) in [5, 5.41) is 0.392. The Bertz CT molecular complexity index is 846. The third-order valence-corrected chi connectivity index (χ3v) is 6.49. The van der Waals surface area contributed by atoms with Gasteiger partial charge in [0.05, 0.1) is 12.0 Å². The van der Waals surface area contributed by atoms with Crippen LogP contribution >= 0.6 is 11.6 Å². The van der Waals surface area contributed by atoms with Crippen LogP contribution in [0, 0.1) is 0 Å². The van der Waals surface area contributed by atoms with Crippen molar-refractivity contribution >= 4 is 21.6 Å². The minimum Gasteiger partial charge on any atom is -0.497 e. The largest absolute Gasteiger partial charge is 0.497 e. The normalized spacial score (nSPS) is 17.0. The summed E-state index contributed by atoms with van der Waals surface area (Å²) in [4.78, 5) is 0.168. The molecular formula is C19H22ClNO4S. The van der Waals surface area contributed by atoms with E-state index < -0.39 is 10.0 Å². The Morgan fingerprint density at radius 3 is 2.46 bits per heavy atom. The molecule has 1 N–H and O–H groups in total. The quantitative estimate of drug-likeness (QED) is 0.814. The van der Waals surface area contributed by atoms with E-state index in [2.05, 4.69) is 4.72 Å². The lowest BCUT2D eigenvalue weighted by atomic mass is 9.74. The van der Waals surface area contributed by atoms with Crippen molar-refractivity contribution in [2.75, 3.05) is 26.9 Å². The van der Waals surface area contributed by atoms with E-state index in [0.717, 1.165) is 24.2 Å². The van der Waals surface area contributed by atoms with Crippen molar-refractivity contribution in [3.63, 3.8) is 0 Å². The van der Waals surface area contributed by atoms with E-state index >= 15 is 0 Å². The number of hydrogen-bond acceptors (Lipinski definition) is 4. The van der Waals surface area contributed by atoms with Gasteiger partial charge in [0.15, 0.2) is 0 Å². The van der Waals surface area contributed by atoms with Crippen molar-refractivity contribution in [2.24, 2.45) is 0 Å². The third-order valence-electron chi connectivity index (χ3n) is 4.86. The fraction of sp³-hybridized carbons (Fsp3) is 0.368. The smallest absolute Gasteiger partial charge is 0.240 e. The van der Waals surface area contributed by atoms with Crippen LogP contribution < -0.4 is 9.46 Å². The zero-order valence-electron chi connectivity index (χ0n) is 14.6. The van der Waals surface area contributed by atoms with Crippen LogP contribution in [0.15, 0.2) is 53.4 Å². The first-order valence-corrected chi connectivity index (χ1v) is 10.3. The van der Waals surface area contributed by atoms with Gasteiger partial charge in [-0.1, -0.05) is 29.8 Å². The summed E-state index contributed by atoms with van der Waals surface area (Å²) < 4.78 is 38.9. The molecule has 0 aliphatic carbocycles. The molecule has 1 saturated heterocycles.